The number of piperidine rings is 1. The monoisotopic (exact) mass is 595 g/mol. The lowest BCUT2D eigenvalue weighted by atomic mass is 9.74. The van der Waals surface area contributed by atoms with Crippen molar-refractivity contribution in [3.8, 4) is 17.6 Å². The molecule has 10 heteroatoms. The third kappa shape index (κ3) is 7.29. The van der Waals surface area contributed by atoms with Crippen LogP contribution in [0.15, 0.2) is 36.5 Å². The summed E-state index contributed by atoms with van der Waals surface area (Å²) in [4.78, 5) is 21.6. The molecule has 0 saturated carbocycles. The number of carboxylic acid groups (broad SMARTS) is 1. The first-order valence-corrected chi connectivity index (χ1v) is 14.6. The third-order valence-corrected chi connectivity index (χ3v) is 8.64. The van der Waals surface area contributed by atoms with Gasteiger partial charge in [-0.15, -0.1) is 0 Å². The summed E-state index contributed by atoms with van der Waals surface area (Å²) in [5, 5.41) is 11.3. The van der Waals surface area contributed by atoms with Crippen LogP contribution in [0.2, 0.25) is 0 Å². The summed E-state index contributed by atoms with van der Waals surface area (Å²) in [6.45, 7) is 5.30. The minimum Gasteiger partial charge on any atom is -0.497 e. The number of pyridine rings is 1. The van der Waals surface area contributed by atoms with E-state index >= 15 is 0 Å². The smallest absolute Gasteiger partial charge is 0.309 e. The van der Waals surface area contributed by atoms with E-state index in [9.17, 15) is 23.1 Å². The van der Waals surface area contributed by atoms with E-state index in [-0.39, 0.29) is 5.56 Å². The number of carbonyl (C=O) groups is 1. The number of aliphatic carboxylic acids is 1. The first-order valence-electron chi connectivity index (χ1n) is 14.6. The molecule has 43 heavy (non-hydrogen) atoms. The summed E-state index contributed by atoms with van der Waals surface area (Å²) < 4.78 is 51.1. The number of aryl methyl sites for hydroxylation is 1. The fraction of sp³-hybridized carbons (Fsp3) is 0.455. The van der Waals surface area contributed by atoms with Crippen LogP contribution in [0.1, 0.15) is 42.4 Å². The molecule has 0 amide bonds. The van der Waals surface area contributed by atoms with E-state index in [1.807, 2.05) is 29.3 Å². The van der Waals surface area contributed by atoms with Crippen LogP contribution in [0.5, 0.6) is 5.75 Å². The molecule has 0 bridgehead atoms. The van der Waals surface area contributed by atoms with Gasteiger partial charge in [0.05, 0.1) is 37.8 Å². The van der Waals surface area contributed by atoms with Crippen LogP contribution in [-0.4, -0.2) is 78.9 Å². The molecular weight excluding hydrogens is 559 g/mol. The molecule has 1 N–H and O–H groups in total. The van der Waals surface area contributed by atoms with E-state index in [0.717, 1.165) is 60.4 Å². The highest BCUT2D eigenvalue weighted by atomic mass is 19.2. The minimum atomic E-state index is -1.52. The Balaban J connectivity index is 1.25. The van der Waals surface area contributed by atoms with E-state index in [0.29, 0.717) is 58.5 Å². The van der Waals surface area contributed by atoms with Crippen LogP contribution in [0.3, 0.4) is 0 Å². The predicted octanol–water partition coefficient (Wildman–Crippen LogP) is 5.03. The zero-order valence-electron chi connectivity index (χ0n) is 24.3. The molecule has 0 aliphatic carbocycles. The second kappa shape index (κ2) is 13.8. The molecule has 1 aromatic heterocycles. The highest BCUT2D eigenvalue weighted by Gasteiger charge is 2.40. The number of aromatic nitrogens is 1. The van der Waals surface area contributed by atoms with Gasteiger partial charge in [0.1, 0.15) is 5.75 Å². The maximum atomic E-state index is 13.5. The molecule has 0 unspecified atom stereocenters. The summed E-state index contributed by atoms with van der Waals surface area (Å²) >= 11 is 0. The molecule has 0 radical (unpaired) electrons. The Morgan fingerprint density at radius 2 is 1.79 bits per heavy atom. The number of likely N-dealkylation sites (tertiary alicyclic amines) is 1. The minimum absolute atomic E-state index is 0.0579. The maximum Gasteiger partial charge on any atom is 0.309 e. The number of methoxy groups -OCH3 is 1. The van der Waals surface area contributed by atoms with Gasteiger partial charge in [-0.2, -0.15) is 0 Å². The number of nitrogens with zero attached hydrogens (tertiary/aromatic N) is 3. The number of morpholine rings is 1. The summed E-state index contributed by atoms with van der Waals surface area (Å²) in [6, 6.07) is 7.60. The summed E-state index contributed by atoms with van der Waals surface area (Å²) in [5.74, 6) is 1.45. The summed E-state index contributed by atoms with van der Waals surface area (Å²) in [6.07, 6.45) is 4.88. The molecule has 2 aliphatic heterocycles. The maximum absolute atomic E-state index is 13.5. The Labute approximate surface area is 249 Å². The van der Waals surface area contributed by atoms with Crippen LogP contribution < -0.4 is 4.74 Å². The Bertz CT molecular complexity index is 1500. The first-order chi connectivity index (χ1) is 20.8. The quantitative estimate of drug-likeness (QED) is 0.275. The van der Waals surface area contributed by atoms with Crippen molar-refractivity contribution >= 4 is 16.9 Å². The average molecular weight is 596 g/mol. The summed E-state index contributed by atoms with van der Waals surface area (Å²) in [5.41, 5.74) is 2.43. The predicted molar refractivity (Wildman–Crippen MR) is 156 cm³/mol. The molecule has 0 atom stereocenters. The van der Waals surface area contributed by atoms with Crippen molar-refractivity contribution in [3.05, 3.63) is 70.7 Å². The fourth-order valence-corrected chi connectivity index (χ4v) is 6.02. The number of fused-ring (bicyclic) bond motifs is 1. The Hall–Kier alpha value is -3.65. The highest BCUT2D eigenvalue weighted by molar-refractivity contribution is 5.84. The number of rotatable bonds is 9. The van der Waals surface area contributed by atoms with Gasteiger partial charge in [-0.05, 0) is 73.6 Å². The topological polar surface area (TPSA) is 75.1 Å². The lowest BCUT2D eigenvalue weighted by Crippen LogP contribution is -2.44. The number of benzene rings is 2. The Morgan fingerprint density at radius 3 is 2.47 bits per heavy atom. The average Bonchev–Trinajstić information content (AvgIpc) is 3.01. The normalized spacial score (nSPS) is 17.4. The van der Waals surface area contributed by atoms with Gasteiger partial charge in [0, 0.05) is 49.9 Å². The lowest BCUT2D eigenvalue weighted by Gasteiger charge is -2.38. The van der Waals surface area contributed by atoms with Gasteiger partial charge >= 0.3 is 5.97 Å². The number of ether oxygens (including phenoxy) is 2. The summed E-state index contributed by atoms with van der Waals surface area (Å²) in [7, 11) is 1.64. The second-order valence-corrected chi connectivity index (χ2v) is 11.3. The molecule has 2 aliphatic rings. The van der Waals surface area contributed by atoms with E-state index in [2.05, 4.69) is 16.7 Å². The largest absolute Gasteiger partial charge is 0.497 e. The fourth-order valence-electron chi connectivity index (χ4n) is 6.02. The van der Waals surface area contributed by atoms with E-state index < -0.39 is 28.8 Å². The van der Waals surface area contributed by atoms with E-state index in [4.69, 9.17) is 14.5 Å². The van der Waals surface area contributed by atoms with Gasteiger partial charge < -0.3 is 14.6 Å². The van der Waals surface area contributed by atoms with Gasteiger partial charge in [0.15, 0.2) is 17.5 Å². The van der Waals surface area contributed by atoms with Crippen molar-refractivity contribution in [2.75, 3.05) is 53.0 Å². The molecule has 3 heterocycles. The van der Waals surface area contributed by atoms with Crippen molar-refractivity contribution in [3.63, 3.8) is 0 Å². The van der Waals surface area contributed by atoms with Crippen molar-refractivity contribution < 1.29 is 32.5 Å². The first kappa shape index (κ1) is 30.8. The molecule has 7 nitrogen and oxygen atoms in total. The molecule has 3 aromatic rings. The number of carboxylic acids is 1. The van der Waals surface area contributed by atoms with Gasteiger partial charge in [0.25, 0.3) is 0 Å². The van der Waals surface area contributed by atoms with Crippen molar-refractivity contribution in [1.82, 2.24) is 14.8 Å². The van der Waals surface area contributed by atoms with E-state index in [1.165, 1.54) is 5.56 Å². The van der Waals surface area contributed by atoms with E-state index in [1.54, 1.807) is 7.11 Å². The van der Waals surface area contributed by atoms with Gasteiger partial charge in [-0.25, -0.2) is 13.2 Å². The molecular formula is C33H36F3N3O4. The molecule has 2 saturated heterocycles. The van der Waals surface area contributed by atoms with Gasteiger partial charge in [-0.1, -0.05) is 11.8 Å². The molecule has 228 valence electrons. The van der Waals surface area contributed by atoms with Crippen molar-refractivity contribution in [2.45, 2.75) is 38.6 Å². The third-order valence-electron chi connectivity index (χ3n) is 8.64. The van der Waals surface area contributed by atoms with Crippen LogP contribution >= 0.6 is 0 Å². The van der Waals surface area contributed by atoms with Crippen molar-refractivity contribution in [1.29, 1.82) is 0 Å². The zero-order valence-corrected chi connectivity index (χ0v) is 24.3. The number of hydrogen-bond acceptors (Lipinski definition) is 6. The number of halogens is 3. The standard InChI is InChI=1S/C33H36F3N3O4/c1-42-25-6-7-30-27(20-25)26(24(21-37-30)22-39-14-16-43-17-15-39)5-2-8-33(32(40)41)9-12-38(13-10-33)11-3-4-23-18-28(34)31(36)29(35)19-23/h6-7,18-21H,2,5,8-17,22H2,1H3,(H,40,41). The zero-order chi connectivity index (χ0) is 30.4. The van der Waals surface area contributed by atoms with Crippen LogP contribution in [0.4, 0.5) is 13.2 Å². The molecule has 2 fully saturated rings. The number of hydrogen-bond donors (Lipinski definition) is 1. The lowest BCUT2D eigenvalue weighted by molar-refractivity contribution is -0.152. The SMILES string of the molecule is COc1ccc2ncc(CN3CCOCC3)c(CCCC3(C(=O)O)CCN(CC#Cc4cc(F)c(F)c(F)c4)CC3)c2c1. The van der Waals surface area contributed by atoms with Gasteiger partial charge in [0.2, 0.25) is 0 Å². The van der Waals surface area contributed by atoms with Crippen LogP contribution in [-0.2, 0) is 22.5 Å². The Morgan fingerprint density at radius 1 is 1.07 bits per heavy atom. The molecule has 5 rings (SSSR count). The Kier molecular flexibility index (Phi) is 9.86. The van der Waals surface area contributed by atoms with Crippen LogP contribution in [0.25, 0.3) is 10.9 Å². The molecule has 0 spiro atoms. The van der Waals surface area contributed by atoms with Crippen molar-refractivity contribution in [2.24, 2.45) is 5.41 Å². The van der Waals surface area contributed by atoms with Crippen LogP contribution in [0, 0.1) is 34.7 Å². The second-order valence-electron chi connectivity index (χ2n) is 11.3. The molecule has 2 aromatic carbocycles. The van der Waals surface area contributed by atoms with Gasteiger partial charge in [-0.3, -0.25) is 19.6 Å². The highest BCUT2D eigenvalue weighted by Crippen LogP contribution is 2.38.